The Morgan fingerprint density at radius 2 is 2.00 bits per heavy atom. The van der Waals surface area contributed by atoms with Crippen molar-refractivity contribution < 1.29 is 44.2 Å². The van der Waals surface area contributed by atoms with Crippen LogP contribution in [-0.4, -0.2) is 28.0 Å². The van der Waals surface area contributed by atoms with E-state index in [1.807, 2.05) is 0 Å². The van der Waals surface area contributed by atoms with Crippen LogP contribution in [0.4, 0.5) is 0 Å². The first-order chi connectivity index (χ1) is 8.13. The number of nitrogens with two attached hydrogens (primary N) is 1. The molecule has 0 saturated heterocycles. The molecule has 2 aromatic rings. The van der Waals surface area contributed by atoms with Crippen LogP contribution in [-0.2, 0) is 0 Å². The first-order valence-corrected chi connectivity index (χ1v) is 4.70. The van der Waals surface area contributed by atoms with Crippen molar-refractivity contribution in [2.45, 2.75) is 0 Å². The van der Waals surface area contributed by atoms with E-state index in [1.54, 1.807) is 24.3 Å². The van der Waals surface area contributed by atoms with Crippen LogP contribution >= 0.6 is 0 Å². The fourth-order valence-corrected chi connectivity index (χ4v) is 1.32. The Balaban J connectivity index is 0.00000162. The van der Waals surface area contributed by atoms with Crippen molar-refractivity contribution in [2.75, 3.05) is 7.11 Å². The molecule has 1 aromatic carbocycles. The number of benzene rings is 1. The number of aromatic nitrogens is 3. The molecule has 0 aliphatic rings. The van der Waals surface area contributed by atoms with E-state index in [0.29, 0.717) is 11.4 Å². The van der Waals surface area contributed by atoms with Crippen LogP contribution in [0, 0.1) is 0 Å². The van der Waals surface area contributed by atoms with Crippen LogP contribution in [0.5, 0.6) is 11.6 Å². The molecule has 2 rings (SSSR count). The molecule has 2 N–H and O–H groups in total. The maximum atomic E-state index is 11.7. The molecule has 0 fully saturated rings. The van der Waals surface area contributed by atoms with E-state index in [4.69, 9.17) is 10.5 Å². The van der Waals surface area contributed by atoms with Crippen LogP contribution in [0.15, 0.2) is 24.3 Å². The SMILES string of the molecule is COc1ccc(-n2nnc(C(N)=O)c2[O-])cc1.[Na+]. The quantitative estimate of drug-likeness (QED) is 0.572. The minimum atomic E-state index is -0.894. The van der Waals surface area contributed by atoms with E-state index in [9.17, 15) is 9.90 Å². The third-order valence-corrected chi connectivity index (χ3v) is 2.18. The van der Waals surface area contributed by atoms with Gasteiger partial charge in [0.2, 0.25) is 0 Å². The van der Waals surface area contributed by atoms with E-state index >= 15 is 0 Å². The summed E-state index contributed by atoms with van der Waals surface area (Å²) in [4.78, 5) is 10.9. The number of rotatable bonds is 3. The molecule has 0 radical (unpaired) electrons. The molecule has 0 bridgehead atoms. The molecule has 0 aliphatic carbocycles. The second kappa shape index (κ2) is 5.85. The summed E-state index contributed by atoms with van der Waals surface area (Å²) < 4.78 is 5.98. The van der Waals surface area contributed by atoms with E-state index in [2.05, 4.69) is 10.3 Å². The maximum Gasteiger partial charge on any atom is 1.00 e. The molecule has 0 aliphatic heterocycles. The van der Waals surface area contributed by atoms with Crippen LogP contribution < -0.4 is 45.1 Å². The van der Waals surface area contributed by atoms with Gasteiger partial charge in [0, 0.05) is 5.88 Å². The van der Waals surface area contributed by atoms with Gasteiger partial charge in [0.05, 0.1) is 12.8 Å². The Hall–Kier alpha value is -1.57. The second-order valence-electron chi connectivity index (χ2n) is 3.22. The fourth-order valence-electron chi connectivity index (χ4n) is 1.32. The summed E-state index contributed by atoms with van der Waals surface area (Å²) >= 11 is 0. The summed E-state index contributed by atoms with van der Waals surface area (Å²) in [5.74, 6) is -0.881. The molecular weight excluding hydrogens is 247 g/mol. The predicted molar refractivity (Wildman–Crippen MR) is 55.9 cm³/mol. The Bertz CT molecular complexity index is 553. The largest absolute Gasteiger partial charge is 1.00 e. The summed E-state index contributed by atoms with van der Waals surface area (Å²) in [6, 6.07) is 6.58. The van der Waals surface area contributed by atoms with Crippen LogP contribution in [0.3, 0.4) is 0 Å². The molecule has 0 spiro atoms. The predicted octanol–water partition coefficient (Wildman–Crippen LogP) is -3.55. The van der Waals surface area contributed by atoms with Gasteiger partial charge in [0.15, 0.2) is 5.69 Å². The summed E-state index contributed by atoms with van der Waals surface area (Å²) in [6.07, 6.45) is 0. The Kier molecular flexibility index (Phi) is 4.71. The first-order valence-electron chi connectivity index (χ1n) is 4.70. The molecule has 1 heterocycles. The van der Waals surface area contributed by atoms with Gasteiger partial charge in [0.1, 0.15) is 5.75 Å². The van der Waals surface area contributed by atoms with Gasteiger partial charge >= 0.3 is 29.6 Å². The minimum absolute atomic E-state index is 0. The monoisotopic (exact) mass is 256 g/mol. The van der Waals surface area contributed by atoms with Gasteiger partial charge in [-0.3, -0.25) is 4.79 Å². The standard InChI is InChI=1S/C10H10N4O3.Na/c1-17-7-4-2-6(3-5-7)14-10(16)8(9(11)15)12-13-14;/h2-5,16H,1H3,(H2,11,15);/q;+1/p-1. The number of carbonyl (C=O) groups excluding carboxylic acids is 1. The zero-order valence-corrected chi connectivity index (χ0v) is 12.0. The molecule has 8 heteroatoms. The van der Waals surface area contributed by atoms with Gasteiger partial charge in [-0.2, -0.15) is 0 Å². The van der Waals surface area contributed by atoms with Gasteiger partial charge in [-0.05, 0) is 24.3 Å². The number of hydrogen-bond acceptors (Lipinski definition) is 5. The zero-order chi connectivity index (χ0) is 12.4. The summed E-state index contributed by atoms with van der Waals surface area (Å²) in [7, 11) is 1.54. The normalized spacial score (nSPS) is 9.61. The van der Waals surface area contributed by atoms with E-state index < -0.39 is 11.8 Å². The fraction of sp³-hybridized carbons (Fsp3) is 0.100. The van der Waals surface area contributed by atoms with E-state index in [0.717, 1.165) is 4.68 Å². The molecule has 18 heavy (non-hydrogen) atoms. The number of ether oxygens (including phenoxy) is 1. The summed E-state index contributed by atoms with van der Waals surface area (Å²) in [5.41, 5.74) is 5.08. The van der Waals surface area contributed by atoms with E-state index in [1.165, 1.54) is 7.11 Å². The topological polar surface area (TPSA) is 106 Å². The average Bonchev–Trinajstić information content (AvgIpc) is 2.71. The minimum Gasteiger partial charge on any atom is -0.857 e. The van der Waals surface area contributed by atoms with Crippen molar-refractivity contribution in [3.05, 3.63) is 30.0 Å². The third kappa shape index (κ3) is 2.63. The Morgan fingerprint density at radius 3 is 2.44 bits per heavy atom. The molecule has 1 aromatic heterocycles. The second-order valence-corrected chi connectivity index (χ2v) is 3.22. The number of methoxy groups -OCH3 is 1. The van der Waals surface area contributed by atoms with Crippen molar-refractivity contribution in [2.24, 2.45) is 5.73 Å². The van der Waals surface area contributed by atoms with Crippen molar-refractivity contribution in [1.82, 2.24) is 15.0 Å². The van der Waals surface area contributed by atoms with Crippen molar-refractivity contribution in [1.29, 1.82) is 0 Å². The number of primary amides is 1. The number of amides is 1. The summed E-state index contributed by atoms with van der Waals surface area (Å²) in [6.45, 7) is 0. The Labute approximate surface area is 125 Å². The van der Waals surface area contributed by atoms with Gasteiger partial charge < -0.3 is 15.6 Å². The molecule has 7 nitrogen and oxygen atoms in total. The van der Waals surface area contributed by atoms with Crippen LogP contribution in [0.2, 0.25) is 0 Å². The molecule has 0 unspecified atom stereocenters. The molecule has 0 saturated carbocycles. The van der Waals surface area contributed by atoms with Crippen molar-refractivity contribution in [3.8, 4) is 17.3 Å². The van der Waals surface area contributed by atoms with Gasteiger partial charge in [-0.25, -0.2) is 4.68 Å². The first kappa shape index (κ1) is 14.5. The molecule has 1 amide bonds. The van der Waals surface area contributed by atoms with Crippen molar-refractivity contribution in [3.63, 3.8) is 0 Å². The molecular formula is C10H9N4NaO3. The van der Waals surface area contributed by atoms with Gasteiger partial charge in [-0.15, -0.1) is 5.10 Å². The van der Waals surface area contributed by atoms with Crippen LogP contribution in [0.1, 0.15) is 10.5 Å². The zero-order valence-electron chi connectivity index (χ0n) is 9.95. The van der Waals surface area contributed by atoms with Crippen molar-refractivity contribution >= 4 is 5.91 Å². The number of carbonyl (C=O) groups is 1. The van der Waals surface area contributed by atoms with Crippen LogP contribution in [0.25, 0.3) is 5.69 Å². The number of hydrogen-bond donors (Lipinski definition) is 1. The van der Waals surface area contributed by atoms with E-state index in [-0.39, 0.29) is 35.3 Å². The molecule has 88 valence electrons. The number of nitrogens with zero attached hydrogens (tertiary/aromatic N) is 3. The van der Waals surface area contributed by atoms with Gasteiger partial charge in [0.25, 0.3) is 5.91 Å². The average molecular weight is 256 g/mol. The Morgan fingerprint density at radius 1 is 1.39 bits per heavy atom. The van der Waals surface area contributed by atoms with Gasteiger partial charge in [-0.1, -0.05) is 5.21 Å². The maximum absolute atomic E-state index is 11.7. The smallest absolute Gasteiger partial charge is 0.857 e. The third-order valence-electron chi connectivity index (χ3n) is 2.18. The summed E-state index contributed by atoms with van der Waals surface area (Å²) in [5, 5.41) is 18.7. The molecule has 0 atom stereocenters.